The first-order valence-electron chi connectivity index (χ1n) is 3.14. The normalized spacial score (nSPS) is 12.6. The highest BCUT2D eigenvalue weighted by Gasteiger charge is 2.00. The summed E-state index contributed by atoms with van der Waals surface area (Å²) in [5.41, 5.74) is 0.878. The minimum absolute atomic E-state index is 0.292. The van der Waals surface area contributed by atoms with Crippen LogP contribution in [0.5, 0.6) is 5.75 Å². The van der Waals surface area contributed by atoms with Gasteiger partial charge in [-0.05, 0) is 24.6 Å². The molecular formula is C7H7ClO3S. The van der Waals surface area contributed by atoms with Crippen molar-refractivity contribution in [1.82, 2.24) is 0 Å². The van der Waals surface area contributed by atoms with Crippen LogP contribution in [0.1, 0.15) is 5.56 Å². The summed E-state index contributed by atoms with van der Waals surface area (Å²) < 4.78 is 23.2. The quantitative estimate of drug-likeness (QED) is 0.755. The van der Waals surface area contributed by atoms with Crippen LogP contribution in [0.2, 0.25) is 5.02 Å². The molecule has 0 saturated carbocycles. The van der Waals surface area contributed by atoms with Gasteiger partial charge in [0.25, 0.3) is 0 Å². The Morgan fingerprint density at radius 1 is 1.50 bits per heavy atom. The summed E-state index contributed by atoms with van der Waals surface area (Å²) in [5, 5.41) is 0.482. The zero-order chi connectivity index (χ0) is 9.14. The van der Waals surface area contributed by atoms with Crippen molar-refractivity contribution >= 4 is 23.0 Å². The van der Waals surface area contributed by atoms with Gasteiger partial charge >= 0.3 is 11.4 Å². The van der Waals surface area contributed by atoms with Crippen molar-refractivity contribution in [2.75, 3.05) is 0 Å². The topological polar surface area (TPSA) is 46.5 Å². The highest BCUT2D eigenvalue weighted by Crippen LogP contribution is 2.20. The fourth-order valence-corrected chi connectivity index (χ4v) is 1.37. The average molecular weight is 207 g/mol. The first-order valence-corrected chi connectivity index (χ1v) is 4.55. The molecule has 0 radical (unpaired) electrons. The van der Waals surface area contributed by atoms with Crippen molar-refractivity contribution in [1.29, 1.82) is 0 Å². The lowest BCUT2D eigenvalue weighted by Gasteiger charge is -2.01. The van der Waals surface area contributed by atoms with Crippen LogP contribution in [-0.2, 0) is 11.4 Å². The molecule has 5 heteroatoms. The maximum atomic E-state index is 10.2. The van der Waals surface area contributed by atoms with Gasteiger partial charge < -0.3 is 4.18 Å². The molecule has 0 aliphatic heterocycles. The molecule has 0 aliphatic carbocycles. The Kier molecular flexibility index (Phi) is 3.08. The molecule has 1 aromatic carbocycles. The lowest BCUT2D eigenvalue weighted by atomic mass is 10.2. The molecule has 0 bridgehead atoms. The largest absolute Gasteiger partial charge is 0.380 e. The van der Waals surface area contributed by atoms with Gasteiger partial charge in [0, 0.05) is 11.1 Å². The third-order valence-corrected chi connectivity index (χ3v) is 1.74. The van der Waals surface area contributed by atoms with Crippen molar-refractivity contribution in [2.45, 2.75) is 6.92 Å². The fraction of sp³-hybridized carbons (Fsp3) is 0.143. The Bertz CT molecular complexity index is 293. The number of aryl methyl sites for hydroxylation is 1. The summed E-state index contributed by atoms with van der Waals surface area (Å²) >= 11 is 3.38. The number of halogens is 1. The zero-order valence-electron chi connectivity index (χ0n) is 6.28. The Labute approximate surface area is 77.8 Å². The van der Waals surface area contributed by atoms with E-state index in [1.807, 2.05) is 6.92 Å². The maximum absolute atomic E-state index is 10.2. The highest BCUT2D eigenvalue weighted by molar-refractivity contribution is 7.74. The third-order valence-electron chi connectivity index (χ3n) is 1.18. The monoisotopic (exact) mass is 206 g/mol. The predicted octanol–water partition coefficient (Wildman–Crippen LogP) is 2.16. The minimum Gasteiger partial charge on any atom is -0.380 e. The van der Waals surface area contributed by atoms with E-state index < -0.39 is 11.4 Å². The van der Waals surface area contributed by atoms with Crippen molar-refractivity contribution < 1.29 is 12.9 Å². The summed E-state index contributed by atoms with van der Waals surface area (Å²) in [6.45, 7) is 1.82. The molecule has 66 valence electrons. The van der Waals surface area contributed by atoms with E-state index in [9.17, 15) is 4.21 Å². The van der Waals surface area contributed by atoms with E-state index in [-0.39, 0.29) is 0 Å². The van der Waals surface area contributed by atoms with Gasteiger partial charge in [0.1, 0.15) is 5.75 Å². The molecule has 1 unspecified atom stereocenters. The zero-order valence-corrected chi connectivity index (χ0v) is 7.85. The molecule has 0 heterocycles. The van der Waals surface area contributed by atoms with E-state index in [1.165, 1.54) is 6.07 Å². The molecular weight excluding hydrogens is 200 g/mol. The second-order valence-electron chi connectivity index (χ2n) is 2.26. The van der Waals surface area contributed by atoms with Crippen LogP contribution < -0.4 is 4.18 Å². The van der Waals surface area contributed by atoms with Crippen LogP contribution in [0.25, 0.3) is 0 Å². The van der Waals surface area contributed by atoms with Crippen LogP contribution in [-0.4, -0.2) is 8.76 Å². The van der Waals surface area contributed by atoms with Gasteiger partial charge in [0.05, 0.1) is 0 Å². The van der Waals surface area contributed by atoms with E-state index in [0.29, 0.717) is 10.8 Å². The van der Waals surface area contributed by atoms with Gasteiger partial charge in [-0.15, -0.1) is 0 Å². The predicted molar refractivity (Wildman–Crippen MR) is 47.6 cm³/mol. The molecule has 1 atom stereocenters. The smallest absolute Gasteiger partial charge is 0.357 e. The summed E-state index contributed by atoms with van der Waals surface area (Å²) in [6.07, 6.45) is 0. The van der Waals surface area contributed by atoms with Crippen molar-refractivity contribution in [2.24, 2.45) is 0 Å². The van der Waals surface area contributed by atoms with Crippen molar-refractivity contribution in [3.05, 3.63) is 28.8 Å². The van der Waals surface area contributed by atoms with Gasteiger partial charge in [0.2, 0.25) is 0 Å². The van der Waals surface area contributed by atoms with Crippen LogP contribution in [0.15, 0.2) is 18.2 Å². The molecule has 1 N–H and O–H groups in total. The summed E-state index contributed by atoms with van der Waals surface area (Å²) in [7, 11) is 0. The molecule has 1 rings (SSSR count). The van der Waals surface area contributed by atoms with Gasteiger partial charge in [-0.3, -0.25) is 4.55 Å². The van der Waals surface area contributed by atoms with E-state index in [0.717, 1.165) is 5.56 Å². The van der Waals surface area contributed by atoms with Gasteiger partial charge in [-0.25, -0.2) is 0 Å². The lowest BCUT2D eigenvalue weighted by Crippen LogP contribution is -1.97. The molecule has 0 fully saturated rings. The third kappa shape index (κ3) is 2.81. The maximum Gasteiger partial charge on any atom is 0.357 e. The summed E-state index contributed by atoms with van der Waals surface area (Å²) in [5.74, 6) is 0.292. The van der Waals surface area contributed by atoms with Crippen LogP contribution in [0.4, 0.5) is 0 Å². The van der Waals surface area contributed by atoms with E-state index in [1.54, 1.807) is 12.1 Å². The molecule has 0 saturated heterocycles. The molecule has 0 aromatic heterocycles. The molecule has 3 nitrogen and oxygen atoms in total. The summed E-state index contributed by atoms with van der Waals surface area (Å²) in [6, 6.07) is 4.83. The number of benzene rings is 1. The van der Waals surface area contributed by atoms with Gasteiger partial charge in [-0.1, -0.05) is 11.6 Å². The second kappa shape index (κ2) is 3.89. The minimum atomic E-state index is -2.29. The first kappa shape index (κ1) is 9.51. The van der Waals surface area contributed by atoms with Gasteiger partial charge in [-0.2, -0.15) is 4.21 Å². The second-order valence-corrected chi connectivity index (χ2v) is 3.30. The summed E-state index contributed by atoms with van der Waals surface area (Å²) in [4.78, 5) is 0. The first-order chi connectivity index (χ1) is 5.58. The van der Waals surface area contributed by atoms with Crippen molar-refractivity contribution in [3.8, 4) is 5.75 Å². The standard InChI is InChI=1S/C7H7ClO3S/c1-5-2-6(8)4-7(3-5)11-12(9)10/h2-4H,1H3,(H,9,10). The number of hydrogen-bond donors (Lipinski definition) is 1. The Morgan fingerprint density at radius 2 is 2.17 bits per heavy atom. The molecule has 0 amide bonds. The Morgan fingerprint density at radius 3 is 2.67 bits per heavy atom. The number of rotatable bonds is 2. The van der Waals surface area contributed by atoms with E-state index in [2.05, 4.69) is 4.18 Å². The van der Waals surface area contributed by atoms with E-state index in [4.69, 9.17) is 16.2 Å². The lowest BCUT2D eigenvalue weighted by molar-refractivity contribution is 0.458. The average Bonchev–Trinajstić information content (AvgIpc) is 1.81. The molecule has 0 aliphatic rings. The number of hydrogen-bond acceptors (Lipinski definition) is 2. The van der Waals surface area contributed by atoms with Crippen LogP contribution in [0, 0.1) is 6.92 Å². The fourth-order valence-electron chi connectivity index (χ4n) is 0.833. The molecule has 1 aromatic rings. The highest BCUT2D eigenvalue weighted by atomic mass is 35.5. The van der Waals surface area contributed by atoms with Crippen LogP contribution >= 0.6 is 11.6 Å². The Hall–Kier alpha value is -0.580. The molecule has 0 spiro atoms. The van der Waals surface area contributed by atoms with Crippen molar-refractivity contribution in [3.63, 3.8) is 0 Å². The Balaban J connectivity index is 2.93. The van der Waals surface area contributed by atoms with Crippen LogP contribution in [0.3, 0.4) is 0 Å². The van der Waals surface area contributed by atoms with E-state index >= 15 is 0 Å². The molecule has 12 heavy (non-hydrogen) atoms. The SMILES string of the molecule is Cc1cc(Cl)cc(OS(=O)O)c1. The van der Waals surface area contributed by atoms with Gasteiger partial charge in [0.15, 0.2) is 0 Å².